The van der Waals surface area contributed by atoms with Crippen LogP contribution in [0.4, 0.5) is 0 Å². The molecule has 1 heterocycles. The first kappa shape index (κ1) is 17.5. The molecule has 3 rings (SSSR count). The third-order valence-corrected chi connectivity index (χ3v) is 7.74. The first-order valence-corrected chi connectivity index (χ1v) is 10.3. The van der Waals surface area contributed by atoms with E-state index in [1.54, 1.807) is 29.2 Å². The van der Waals surface area contributed by atoms with Crippen LogP contribution in [0.5, 0.6) is 5.75 Å². The Hall–Kier alpha value is -1.27. The summed E-state index contributed by atoms with van der Waals surface area (Å²) in [6.07, 6.45) is 4.66. The van der Waals surface area contributed by atoms with Gasteiger partial charge in [-0.1, -0.05) is 30.9 Å². The van der Waals surface area contributed by atoms with E-state index in [0.29, 0.717) is 23.9 Å². The largest absolute Gasteiger partial charge is 0.484 e. The molecule has 1 aromatic carbocycles. The van der Waals surface area contributed by atoms with E-state index in [9.17, 15) is 13.2 Å². The summed E-state index contributed by atoms with van der Waals surface area (Å²) in [6.45, 7) is 0.501. The lowest BCUT2D eigenvalue weighted by molar-refractivity contribution is -0.136. The first-order chi connectivity index (χ1) is 11.5. The SMILES string of the molecule is O=C(COc1ccc(Cl)cc1)N1CC(S(=O)(=O)C2CCCCC2)C1. The van der Waals surface area contributed by atoms with Crippen molar-refractivity contribution in [1.29, 1.82) is 0 Å². The number of carbonyl (C=O) groups excluding carboxylic acids is 1. The third-order valence-electron chi connectivity index (χ3n) is 4.86. The van der Waals surface area contributed by atoms with Gasteiger partial charge in [0.1, 0.15) is 5.75 Å². The molecule has 0 unspecified atom stereocenters. The second-order valence-electron chi connectivity index (χ2n) is 6.51. The monoisotopic (exact) mass is 371 g/mol. The zero-order valence-electron chi connectivity index (χ0n) is 13.5. The number of benzene rings is 1. The lowest BCUT2D eigenvalue weighted by Gasteiger charge is -2.40. The zero-order valence-corrected chi connectivity index (χ0v) is 15.1. The smallest absolute Gasteiger partial charge is 0.260 e. The summed E-state index contributed by atoms with van der Waals surface area (Å²) in [5.41, 5.74) is 0. The number of amides is 1. The van der Waals surface area contributed by atoms with Crippen molar-refractivity contribution in [1.82, 2.24) is 4.90 Å². The number of halogens is 1. The number of hydrogen-bond donors (Lipinski definition) is 0. The number of sulfone groups is 1. The predicted molar refractivity (Wildman–Crippen MR) is 93.1 cm³/mol. The van der Waals surface area contributed by atoms with Gasteiger partial charge in [0.05, 0.1) is 10.5 Å². The van der Waals surface area contributed by atoms with Gasteiger partial charge >= 0.3 is 0 Å². The Morgan fingerprint density at radius 3 is 2.33 bits per heavy atom. The fraction of sp³-hybridized carbons (Fsp3) is 0.588. The second-order valence-corrected chi connectivity index (χ2v) is 9.46. The Labute approximate surface area is 147 Å². The van der Waals surface area contributed by atoms with Crippen molar-refractivity contribution >= 4 is 27.3 Å². The summed E-state index contributed by atoms with van der Waals surface area (Å²) in [7, 11) is -3.11. The quantitative estimate of drug-likeness (QED) is 0.798. The number of likely N-dealkylation sites (tertiary alicyclic amines) is 1. The van der Waals surface area contributed by atoms with E-state index in [1.807, 2.05) is 0 Å². The molecule has 1 saturated heterocycles. The van der Waals surface area contributed by atoms with Crippen LogP contribution >= 0.6 is 11.6 Å². The van der Waals surface area contributed by atoms with Crippen molar-refractivity contribution in [2.45, 2.75) is 42.6 Å². The molecule has 0 atom stereocenters. The van der Waals surface area contributed by atoms with E-state index in [0.717, 1.165) is 32.1 Å². The summed E-state index contributed by atoms with van der Waals surface area (Å²) in [4.78, 5) is 13.7. The van der Waals surface area contributed by atoms with Crippen LogP contribution in [0.15, 0.2) is 24.3 Å². The molecule has 1 aromatic rings. The molecular formula is C17H22ClNO4S. The van der Waals surface area contributed by atoms with Gasteiger partial charge in [-0.25, -0.2) is 8.42 Å². The molecule has 0 radical (unpaired) electrons. The highest BCUT2D eigenvalue weighted by Gasteiger charge is 2.43. The molecule has 1 amide bonds. The van der Waals surface area contributed by atoms with Crippen LogP contribution in [0.2, 0.25) is 5.02 Å². The number of ether oxygens (including phenoxy) is 1. The fourth-order valence-electron chi connectivity index (χ4n) is 3.28. The van der Waals surface area contributed by atoms with Crippen LogP contribution < -0.4 is 4.74 Å². The van der Waals surface area contributed by atoms with E-state index in [1.165, 1.54) is 0 Å². The van der Waals surface area contributed by atoms with E-state index >= 15 is 0 Å². The Kier molecular flexibility index (Phi) is 5.35. The summed E-state index contributed by atoms with van der Waals surface area (Å²) >= 11 is 5.79. The Balaban J connectivity index is 1.47. The van der Waals surface area contributed by atoms with Crippen LogP contribution in [0.1, 0.15) is 32.1 Å². The van der Waals surface area contributed by atoms with Gasteiger partial charge in [-0.2, -0.15) is 0 Å². The lowest BCUT2D eigenvalue weighted by Crippen LogP contribution is -2.59. The molecule has 1 aliphatic carbocycles. The number of nitrogens with zero attached hydrogens (tertiary/aromatic N) is 1. The molecular weight excluding hydrogens is 350 g/mol. The Morgan fingerprint density at radius 2 is 1.71 bits per heavy atom. The van der Waals surface area contributed by atoms with Gasteiger partial charge in [0, 0.05) is 18.1 Å². The minimum Gasteiger partial charge on any atom is -0.484 e. The van der Waals surface area contributed by atoms with Gasteiger partial charge in [0.25, 0.3) is 5.91 Å². The van der Waals surface area contributed by atoms with Gasteiger partial charge in [-0.15, -0.1) is 0 Å². The van der Waals surface area contributed by atoms with E-state index in [-0.39, 0.29) is 17.8 Å². The normalized spacial score (nSPS) is 19.8. The van der Waals surface area contributed by atoms with E-state index in [4.69, 9.17) is 16.3 Å². The number of hydrogen-bond acceptors (Lipinski definition) is 4. The average molecular weight is 372 g/mol. The summed E-state index contributed by atoms with van der Waals surface area (Å²) in [6, 6.07) is 6.78. The molecule has 0 bridgehead atoms. The highest BCUT2D eigenvalue weighted by atomic mass is 35.5. The van der Waals surface area contributed by atoms with Crippen molar-refractivity contribution < 1.29 is 17.9 Å². The van der Waals surface area contributed by atoms with E-state index < -0.39 is 15.1 Å². The Bertz CT molecular complexity index is 677. The Morgan fingerprint density at radius 1 is 1.08 bits per heavy atom. The van der Waals surface area contributed by atoms with Crippen LogP contribution in [0.3, 0.4) is 0 Å². The minimum absolute atomic E-state index is 0.0855. The number of rotatable bonds is 5. The standard InChI is InChI=1S/C17H22ClNO4S/c18-13-6-8-14(9-7-13)23-12-17(20)19-10-16(11-19)24(21,22)15-4-2-1-3-5-15/h6-9,15-16H,1-5,10-12H2. The summed E-state index contributed by atoms with van der Waals surface area (Å²) < 4.78 is 30.5. The second kappa shape index (κ2) is 7.31. The summed E-state index contributed by atoms with van der Waals surface area (Å²) in [5.74, 6) is 0.389. The summed E-state index contributed by atoms with van der Waals surface area (Å²) in [5, 5.41) is -0.00826. The van der Waals surface area contributed by atoms with Crippen molar-refractivity contribution in [2.24, 2.45) is 0 Å². The molecule has 1 saturated carbocycles. The maximum atomic E-state index is 12.6. The number of carbonyl (C=O) groups is 1. The molecule has 0 spiro atoms. The third kappa shape index (κ3) is 3.86. The highest BCUT2D eigenvalue weighted by Crippen LogP contribution is 2.29. The van der Waals surface area contributed by atoms with Crippen molar-refractivity contribution in [2.75, 3.05) is 19.7 Å². The van der Waals surface area contributed by atoms with Crippen LogP contribution in [-0.4, -0.2) is 49.4 Å². The molecule has 24 heavy (non-hydrogen) atoms. The molecule has 0 N–H and O–H groups in total. The predicted octanol–water partition coefficient (Wildman–Crippen LogP) is 2.68. The van der Waals surface area contributed by atoms with Gasteiger partial charge in [0.15, 0.2) is 16.4 Å². The molecule has 7 heteroatoms. The van der Waals surface area contributed by atoms with Crippen LogP contribution in [0.25, 0.3) is 0 Å². The van der Waals surface area contributed by atoms with Gasteiger partial charge in [0.2, 0.25) is 0 Å². The average Bonchev–Trinajstić information content (AvgIpc) is 2.53. The molecule has 1 aliphatic heterocycles. The fourth-order valence-corrected chi connectivity index (χ4v) is 5.72. The van der Waals surface area contributed by atoms with Crippen molar-refractivity contribution in [3.8, 4) is 5.75 Å². The molecule has 2 aliphatic rings. The maximum absolute atomic E-state index is 12.6. The molecule has 132 valence electrons. The van der Waals surface area contributed by atoms with Gasteiger partial charge in [-0.3, -0.25) is 4.79 Å². The van der Waals surface area contributed by atoms with Crippen molar-refractivity contribution in [3.05, 3.63) is 29.3 Å². The molecule has 5 nitrogen and oxygen atoms in total. The van der Waals surface area contributed by atoms with Gasteiger partial charge < -0.3 is 9.64 Å². The molecule has 0 aromatic heterocycles. The van der Waals surface area contributed by atoms with Gasteiger partial charge in [-0.05, 0) is 37.1 Å². The van der Waals surface area contributed by atoms with Crippen LogP contribution in [-0.2, 0) is 14.6 Å². The molecule has 2 fully saturated rings. The van der Waals surface area contributed by atoms with Crippen LogP contribution in [0, 0.1) is 0 Å². The first-order valence-electron chi connectivity index (χ1n) is 8.35. The zero-order chi connectivity index (χ0) is 17.2. The van der Waals surface area contributed by atoms with Crippen molar-refractivity contribution in [3.63, 3.8) is 0 Å². The van der Waals surface area contributed by atoms with E-state index in [2.05, 4.69) is 0 Å². The highest BCUT2D eigenvalue weighted by molar-refractivity contribution is 7.92. The maximum Gasteiger partial charge on any atom is 0.260 e. The lowest BCUT2D eigenvalue weighted by atomic mass is 10.0. The minimum atomic E-state index is -3.11. The topological polar surface area (TPSA) is 63.7 Å².